The van der Waals surface area contributed by atoms with Crippen LogP contribution in [-0.4, -0.2) is 14.9 Å². The van der Waals surface area contributed by atoms with Gasteiger partial charge in [0, 0.05) is 11.8 Å². The average molecular weight is 298 g/mol. The summed E-state index contributed by atoms with van der Waals surface area (Å²) in [5.41, 5.74) is 1.17. The van der Waals surface area contributed by atoms with Crippen LogP contribution >= 0.6 is 0 Å². The van der Waals surface area contributed by atoms with E-state index in [1.807, 2.05) is 13.8 Å². The number of halogens is 3. The molecule has 1 unspecified atom stereocenters. The highest BCUT2D eigenvalue weighted by atomic mass is 19.4. The van der Waals surface area contributed by atoms with Crippen molar-refractivity contribution in [3.05, 3.63) is 47.3 Å². The molecule has 0 saturated carbocycles. The number of hydrogen-bond donors (Lipinski definition) is 1. The van der Waals surface area contributed by atoms with Crippen LogP contribution in [0.1, 0.15) is 36.8 Å². The van der Waals surface area contributed by atoms with Gasteiger partial charge >= 0.3 is 6.18 Å². The maximum atomic E-state index is 12.5. The van der Waals surface area contributed by atoms with Gasteiger partial charge in [0.25, 0.3) is 0 Å². The lowest BCUT2D eigenvalue weighted by molar-refractivity contribution is -0.137. The largest absolute Gasteiger partial charge is 0.416 e. The van der Waals surface area contributed by atoms with Gasteiger partial charge in [0.1, 0.15) is 0 Å². The molecular formula is C15H17F3N2O. The lowest BCUT2D eigenvalue weighted by atomic mass is 10.0. The van der Waals surface area contributed by atoms with Crippen LogP contribution in [0.4, 0.5) is 13.2 Å². The van der Waals surface area contributed by atoms with E-state index < -0.39 is 17.8 Å². The summed E-state index contributed by atoms with van der Waals surface area (Å²) in [7, 11) is 0. The van der Waals surface area contributed by atoms with E-state index in [0.29, 0.717) is 16.9 Å². The highest BCUT2D eigenvalue weighted by molar-refractivity contribution is 5.36. The standard InChI is InChI=1S/C15H17F3N2O/c1-9(2)14(21)13-8-20(19-10(13)3)12-6-4-11(5-7-12)15(16,17)18/h4-9,14,21H,1-3H3. The van der Waals surface area contributed by atoms with Gasteiger partial charge in [-0.15, -0.1) is 0 Å². The monoisotopic (exact) mass is 298 g/mol. The molecule has 1 atom stereocenters. The Morgan fingerprint density at radius 1 is 1.14 bits per heavy atom. The first kappa shape index (κ1) is 15.6. The summed E-state index contributed by atoms with van der Waals surface area (Å²) in [6.45, 7) is 5.54. The van der Waals surface area contributed by atoms with Crippen LogP contribution in [0.2, 0.25) is 0 Å². The van der Waals surface area contributed by atoms with Crippen molar-refractivity contribution in [1.82, 2.24) is 9.78 Å². The molecule has 0 radical (unpaired) electrons. The maximum absolute atomic E-state index is 12.5. The van der Waals surface area contributed by atoms with Crippen molar-refractivity contribution in [1.29, 1.82) is 0 Å². The zero-order chi connectivity index (χ0) is 15.8. The minimum absolute atomic E-state index is 0.0361. The van der Waals surface area contributed by atoms with Gasteiger partial charge in [-0.3, -0.25) is 0 Å². The van der Waals surface area contributed by atoms with Crippen LogP contribution in [0.15, 0.2) is 30.5 Å². The Labute approximate surface area is 121 Å². The Hall–Kier alpha value is -1.82. The molecule has 6 heteroatoms. The van der Waals surface area contributed by atoms with Crippen LogP contribution in [-0.2, 0) is 6.18 Å². The smallest absolute Gasteiger partial charge is 0.388 e. The summed E-state index contributed by atoms with van der Waals surface area (Å²) in [5.74, 6) is 0.0361. The molecule has 2 rings (SSSR count). The molecule has 0 spiro atoms. The normalized spacial score (nSPS) is 13.7. The lowest BCUT2D eigenvalue weighted by Gasteiger charge is -2.12. The second-order valence-electron chi connectivity index (χ2n) is 5.35. The Morgan fingerprint density at radius 3 is 2.19 bits per heavy atom. The Balaban J connectivity index is 2.33. The van der Waals surface area contributed by atoms with Gasteiger partial charge in [0.05, 0.1) is 23.0 Å². The molecule has 0 aliphatic rings. The highest BCUT2D eigenvalue weighted by Crippen LogP contribution is 2.30. The zero-order valence-electron chi connectivity index (χ0n) is 12.0. The van der Waals surface area contributed by atoms with E-state index in [1.165, 1.54) is 16.8 Å². The van der Waals surface area contributed by atoms with Gasteiger partial charge in [-0.1, -0.05) is 13.8 Å². The lowest BCUT2D eigenvalue weighted by Crippen LogP contribution is -2.06. The van der Waals surface area contributed by atoms with Crippen LogP contribution in [0.25, 0.3) is 5.69 Å². The number of aliphatic hydroxyl groups is 1. The van der Waals surface area contributed by atoms with Crippen molar-refractivity contribution in [2.75, 3.05) is 0 Å². The molecular weight excluding hydrogens is 281 g/mol. The van der Waals surface area contributed by atoms with E-state index in [9.17, 15) is 18.3 Å². The summed E-state index contributed by atoms with van der Waals surface area (Å²) in [4.78, 5) is 0. The second kappa shape index (κ2) is 5.52. The molecule has 0 aliphatic heterocycles. The SMILES string of the molecule is Cc1nn(-c2ccc(C(F)(F)F)cc2)cc1C(O)C(C)C. The summed E-state index contributed by atoms with van der Waals surface area (Å²) in [5, 5.41) is 14.3. The molecule has 1 N–H and O–H groups in total. The summed E-state index contributed by atoms with van der Waals surface area (Å²) >= 11 is 0. The number of rotatable bonds is 3. The fraction of sp³-hybridized carbons (Fsp3) is 0.400. The van der Waals surface area contributed by atoms with Gasteiger partial charge in [0.15, 0.2) is 0 Å². The van der Waals surface area contributed by atoms with Gasteiger partial charge in [-0.25, -0.2) is 4.68 Å². The molecule has 2 aromatic rings. The molecule has 0 amide bonds. The number of benzene rings is 1. The maximum Gasteiger partial charge on any atom is 0.416 e. The first-order chi connectivity index (χ1) is 9.70. The molecule has 1 heterocycles. The predicted molar refractivity (Wildman–Crippen MR) is 73.1 cm³/mol. The van der Waals surface area contributed by atoms with E-state index in [4.69, 9.17) is 0 Å². The number of nitrogens with zero attached hydrogens (tertiary/aromatic N) is 2. The van der Waals surface area contributed by atoms with E-state index in [2.05, 4.69) is 5.10 Å². The molecule has 0 aliphatic carbocycles. The molecule has 114 valence electrons. The number of aliphatic hydroxyl groups excluding tert-OH is 1. The minimum Gasteiger partial charge on any atom is -0.388 e. The molecule has 0 saturated heterocycles. The molecule has 1 aromatic heterocycles. The van der Waals surface area contributed by atoms with E-state index in [1.54, 1.807) is 13.1 Å². The summed E-state index contributed by atoms with van der Waals surface area (Å²) < 4.78 is 39.1. The average Bonchev–Trinajstić information content (AvgIpc) is 2.79. The quantitative estimate of drug-likeness (QED) is 0.933. The van der Waals surface area contributed by atoms with E-state index in [0.717, 1.165) is 12.1 Å². The van der Waals surface area contributed by atoms with Crippen molar-refractivity contribution >= 4 is 0 Å². The first-order valence-corrected chi connectivity index (χ1v) is 6.62. The molecule has 0 bridgehead atoms. The van der Waals surface area contributed by atoms with Crippen molar-refractivity contribution in [2.45, 2.75) is 33.1 Å². The van der Waals surface area contributed by atoms with Crippen LogP contribution in [0.3, 0.4) is 0 Å². The zero-order valence-corrected chi connectivity index (χ0v) is 12.0. The van der Waals surface area contributed by atoms with Gasteiger partial charge in [-0.05, 0) is 37.1 Å². The first-order valence-electron chi connectivity index (χ1n) is 6.62. The van der Waals surface area contributed by atoms with Crippen molar-refractivity contribution in [2.24, 2.45) is 5.92 Å². The number of aryl methyl sites for hydroxylation is 1. The Kier molecular flexibility index (Phi) is 4.09. The molecule has 0 fully saturated rings. The van der Waals surface area contributed by atoms with Crippen molar-refractivity contribution in [3.8, 4) is 5.69 Å². The van der Waals surface area contributed by atoms with E-state index in [-0.39, 0.29) is 5.92 Å². The predicted octanol–water partition coefficient (Wildman–Crippen LogP) is 3.89. The second-order valence-corrected chi connectivity index (χ2v) is 5.35. The van der Waals surface area contributed by atoms with Crippen LogP contribution in [0.5, 0.6) is 0 Å². The number of hydrogen-bond acceptors (Lipinski definition) is 2. The van der Waals surface area contributed by atoms with Crippen molar-refractivity contribution < 1.29 is 18.3 Å². The van der Waals surface area contributed by atoms with Crippen LogP contribution < -0.4 is 0 Å². The number of alkyl halides is 3. The van der Waals surface area contributed by atoms with E-state index >= 15 is 0 Å². The molecule has 21 heavy (non-hydrogen) atoms. The van der Waals surface area contributed by atoms with Crippen molar-refractivity contribution in [3.63, 3.8) is 0 Å². The third-order valence-corrected chi connectivity index (χ3v) is 3.35. The summed E-state index contributed by atoms with van der Waals surface area (Å²) in [6, 6.07) is 4.76. The molecule has 1 aromatic carbocycles. The Morgan fingerprint density at radius 2 is 1.71 bits per heavy atom. The Bertz CT molecular complexity index is 615. The summed E-state index contributed by atoms with van der Waals surface area (Å²) in [6.07, 6.45) is -3.34. The third kappa shape index (κ3) is 3.26. The van der Waals surface area contributed by atoms with Gasteiger partial charge in [0.2, 0.25) is 0 Å². The van der Waals surface area contributed by atoms with Gasteiger partial charge < -0.3 is 5.11 Å². The third-order valence-electron chi connectivity index (χ3n) is 3.35. The highest BCUT2D eigenvalue weighted by Gasteiger charge is 2.30. The molecule has 3 nitrogen and oxygen atoms in total. The number of aromatic nitrogens is 2. The fourth-order valence-electron chi connectivity index (χ4n) is 2.06. The fourth-order valence-corrected chi connectivity index (χ4v) is 2.06. The van der Waals surface area contributed by atoms with Crippen LogP contribution in [0, 0.1) is 12.8 Å². The van der Waals surface area contributed by atoms with Gasteiger partial charge in [-0.2, -0.15) is 18.3 Å². The topological polar surface area (TPSA) is 38.0 Å². The minimum atomic E-state index is -4.35.